The SMILES string of the molecule is COc1ccccc1N1CCN(c2nc(OCC(=O)O)cc(C(C)C)n2)CC1. The molecule has 2 aromatic rings. The lowest BCUT2D eigenvalue weighted by Crippen LogP contribution is -2.47. The number of hydrogen-bond acceptors (Lipinski definition) is 7. The molecule has 28 heavy (non-hydrogen) atoms. The lowest BCUT2D eigenvalue weighted by atomic mass is 10.1. The highest BCUT2D eigenvalue weighted by Crippen LogP contribution is 2.29. The number of rotatable bonds is 7. The van der Waals surface area contributed by atoms with Crippen LogP contribution in [0.5, 0.6) is 11.6 Å². The van der Waals surface area contributed by atoms with Gasteiger partial charge in [-0.1, -0.05) is 26.0 Å². The molecule has 0 amide bonds. The number of anilines is 2. The topological polar surface area (TPSA) is 88.0 Å². The Morgan fingerprint density at radius 1 is 1.14 bits per heavy atom. The molecule has 0 bridgehead atoms. The molecule has 1 aromatic heterocycles. The first kappa shape index (κ1) is 19.7. The number of aliphatic carboxylic acids is 1. The minimum absolute atomic E-state index is 0.184. The highest BCUT2D eigenvalue weighted by Gasteiger charge is 2.22. The molecular weight excluding hydrogens is 360 g/mol. The van der Waals surface area contributed by atoms with Crippen LogP contribution < -0.4 is 19.3 Å². The van der Waals surface area contributed by atoms with Crippen molar-refractivity contribution in [3.05, 3.63) is 36.0 Å². The average molecular weight is 386 g/mol. The van der Waals surface area contributed by atoms with Crippen molar-refractivity contribution in [2.75, 3.05) is 49.7 Å². The van der Waals surface area contributed by atoms with Crippen molar-refractivity contribution in [1.82, 2.24) is 9.97 Å². The predicted octanol–water partition coefficient (Wildman–Crippen LogP) is 2.40. The molecule has 1 N–H and O–H groups in total. The molecule has 0 atom stereocenters. The van der Waals surface area contributed by atoms with Crippen LogP contribution in [0.2, 0.25) is 0 Å². The second kappa shape index (κ2) is 8.77. The summed E-state index contributed by atoms with van der Waals surface area (Å²) in [4.78, 5) is 24.3. The molecule has 1 aliphatic rings. The number of para-hydroxylation sites is 2. The lowest BCUT2D eigenvalue weighted by molar-refractivity contribution is -0.139. The van der Waals surface area contributed by atoms with Crippen molar-refractivity contribution in [3.8, 4) is 11.6 Å². The first-order chi connectivity index (χ1) is 13.5. The molecule has 8 nitrogen and oxygen atoms in total. The quantitative estimate of drug-likeness (QED) is 0.776. The summed E-state index contributed by atoms with van der Waals surface area (Å²) < 4.78 is 10.8. The third kappa shape index (κ3) is 4.62. The van der Waals surface area contributed by atoms with E-state index < -0.39 is 12.6 Å². The first-order valence-corrected chi connectivity index (χ1v) is 9.34. The van der Waals surface area contributed by atoms with Gasteiger partial charge in [-0.2, -0.15) is 4.98 Å². The van der Waals surface area contributed by atoms with Gasteiger partial charge in [-0.15, -0.1) is 0 Å². The van der Waals surface area contributed by atoms with Crippen molar-refractivity contribution in [2.45, 2.75) is 19.8 Å². The van der Waals surface area contributed by atoms with Crippen LogP contribution in [0, 0.1) is 0 Å². The summed E-state index contributed by atoms with van der Waals surface area (Å²) in [6.07, 6.45) is 0. The number of aromatic nitrogens is 2. The van der Waals surface area contributed by atoms with Gasteiger partial charge in [-0.3, -0.25) is 0 Å². The van der Waals surface area contributed by atoms with E-state index >= 15 is 0 Å². The number of benzene rings is 1. The van der Waals surface area contributed by atoms with Gasteiger partial charge in [0, 0.05) is 32.2 Å². The van der Waals surface area contributed by atoms with Crippen LogP contribution in [0.1, 0.15) is 25.5 Å². The van der Waals surface area contributed by atoms with Gasteiger partial charge in [-0.25, -0.2) is 9.78 Å². The van der Waals surface area contributed by atoms with E-state index in [1.165, 1.54) is 0 Å². The molecule has 0 aliphatic carbocycles. The molecule has 1 fully saturated rings. The molecule has 0 spiro atoms. The van der Waals surface area contributed by atoms with Gasteiger partial charge >= 0.3 is 5.97 Å². The number of carboxylic acids is 1. The summed E-state index contributed by atoms with van der Waals surface area (Å²) in [6, 6.07) is 9.70. The highest BCUT2D eigenvalue weighted by atomic mass is 16.5. The van der Waals surface area contributed by atoms with Crippen molar-refractivity contribution in [2.24, 2.45) is 0 Å². The van der Waals surface area contributed by atoms with Gasteiger partial charge in [0.25, 0.3) is 0 Å². The standard InChI is InChI=1S/C20H26N4O4/c1-14(2)15-12-18(28-13-19(25)26)22-20(21-15)24-10-8-23(9-11-24)16-6-4-5-7-17(16)27-3/h4-7,12,14H,8-11,13H2,1-3H3,(H,25,26). The van der Waals surface area contributed by atoms with Crippen molar-refractivity contribution < 1.29 is 19.4 Å². The summed E-state index contributed by atoms with van der Waals surface area (Å²) in [6.45, 7) is 6.76. The molecule has 0 radical (unpaired) electrons. The Labute approximate surface area is 164 Å². The number of nitrogens with zero attached hydrogens (tertiary/aromatic N) is 4. The van der Waals surface area contributed by atoms with E-state index in [-0.39, 0.29) is 5.92 Å². The summed E-state index contributed by atoms with van der Waals surface area (Å²) in [5.41, 5.74) is 1.91. The zero-order valence-electron chi connectivity index (χ0n) is 16.5. The van der Waals surface area contributed by atoms with E-state index in [4.69, 9.17) is 14.6 Å². The van der Waals surface area contributed by atoms with Gasteiger partial charge in [0.15, 0.2) is 6.61 Å². The largest absolute Gasteiger partial charge is 0.495 e. The number of hydrogen-bond donors (Lipinski definition) is 1. The number of ether oxygens (including phenoxy) is 2. The van der Waals surface area contributed by atoms with Crippen LogP contribution in [0.3, 0.4) is 0 Å². The Bertz CT molecular complexity index is 820. The van der Waals surface area contributed by atoms with E-state index in [0.717, 1.165) is 43.3 Å². The zero-order chi connectivity index (χ0) is 20.1. The number of carboxylic acid groups (broad SMARTS) is 1. The fourth-order valence-electron chi connectivity index (χ4n) is 3.12. The predicted molar refractivity (Wildman–Crippen MR) is 107 cm³/mol. The molecule has 1 aromatic carbocycles. The van der Waals surface area contributed by atoms with E-state index in [9.17, 15) is 4.79 Å². The Hall–Kier alpha value is -3.03. The number of methoxy groups -OCH3 is 1. The summed E-state index contributed by atoms with van der Waals surface area (Å²) in [5, 5.41) is 8.86. The van der Waals surface area contributed by atoms with Gasteiger partial charge in [0.2, 0.25) is 11.8 Å². The molecule has 1 saturated heterocycles. The smallest absolute Gasteiger partial charge is 0.341 e. The van der Waals surface area contributed by atoms with Crippen LogP contribution in [0.25, 0.3) is 0 Å². The number of carbonyl (C=O) groups is 1. The normalized spacial score (nSPS) is 14.3. The lowest BCUT2D eigenvalue weighted by Gasteiger charge is -2.36. The fourth-order valence-corrected chi connectivity index (χ4v) is 3.12. The maximum absolute atomic E-state index is 10.8. The highest BCUT2D eigenvalue weighted by molar-refractivity contribution is 5.68. The summed E-state index contributed by atoms with van der Waals surface area (Å²) in [5.74, 6) is 0.883. The zero-order valence-corrected chi connectivity index (χ0v) is 16.5. The van der Waals surface area contributed by atoms with Gasteiger partial charge < -0.3 is 24.4 Å². The maximum atomic E-state index is 10.8. The summed E-state index contributed by atoms with van der Waals surface area (Å²) in [7, 11) is 1.68. The van der Waals surface area contributed by atoms with Crippen molar-refractivity contribution in [1.29, 1.82) is 0 Å². The minimum atomic E-state index is -1.03. The summed E-state index contributed by atoms with van der Waals surface area (Å²) >= 11 is 0. The fraction of sp³-hybridized carbons (Fsp3) is 0.450. The van der Waals surface area contributed by atoms with Crippen LogP contribution in [0.4, 0.5) is 11.6 Å². The third-order valence-electron chi connectivity index (χ3n) is 4.63. The minimum Gasteiger partial charge on any atom is -0.495 e. The Balaban J connectivity index is 1.75. The maximum Gasteiger partial charge on any atom is 0.341 e. The van der Waals surface area contributed by atoms with E-state index in [2.05, 4.69) is 25.8 Å². The second-order valence-corrected chi connectivity index (χ2v) is 6.91. The first-order valence-electron chi connectivity index (χ1n) is 9.34. The van der Waals surface area contributed by atoms with Crippen LogP contribution >= 0.6 is 0 Å². The van der Waals surface area contributed by atoms with Crippen molar-refractivity contribution >= 4 is 17.6 Å². The second-order valence-electron chi connectivity index (χ2n) is 6.91. The van der Waals surface area contributed by atoms with Crippen LogP contribution in [-0.4, -0.2) is 60.9 Å². The Kier molecular flexibility index (Phi) is 6.18. The monoisotopic (exact) mass is 386 g/mol. The molecule has 1 aliphatic heterocycles. The van der Waals surface area contributed by atoms with Crippen molar-refractivity contribution in [3.63, 3.8) is 0 Å². The molecule has 0 saturated carbocycles. The third-order valence-corrected chi connectivity index (χ3v) is 4.63. The Morgan fingerprint density at radius 2 is 1.82 bits per heavy atom. The van der Waals surface area contributed by atoms with Gasteiger partial charge in [-0.05, 0) is 18.1 Å². The molecule has 2 heterocycles. The number of piperazine rings is 1. The average Bonchev–Trinajstić information content (AvgIpc) is 2.72. The van der Waals surface area contributed by atoms with Crippen LogP contribution in [-0.2, 0) is 4.79 Å². The molecule has 8 heteroatoms. The van der Waals surface area contributed by atoms with E-state index in [1.807, 2.05) is 32.0 Å². The van der Waals surface area contributed by atoms with Crippen LogP contribution in [0.15, 0.2) is 30.3 Å². The van der Waals surface area contributed by atoms with Gasteiger partial charge in [0.1, 0.15) is 5.75 Å². The molecule has 0 unspecified atom stereocenters. The van der Waals surface area contributed by atoms with E-state index in [0.29, 0.717) is 11.8 Å². The molecular formula is C20H26N4O4. The molecule has 150 valence electrons. The van der Waals surface area contributed by atoms with Gasteiger partial charge in [0.05, 0.1) is 18.5 Å². The Morgan fingerprint density at radius 3 is 2.46 bits per heavy atom. The van der Waals surface area contributed by atoms with E-state index in [1.54, 1.807) is 13.2 Å². The molecule has 3 rings (SSSR count).